The molecule has 0 aliphatic carbocycles. The molecule has 1 aromatic carbocycles. The molecule has 2 aromatic rings. The molecule has 0 radical (unpaired) electrons. The van der Waals surface area contributed by atoms with Gasteiger partial charge in [0.1, 0.15) is 6.10 Å². The van der Waals surface area contributed by atoms with Crippen LogP contribution in [0.25, 0.3) is 0 Å². The Morgan fingerprint density at radius 3 is 2.82 bits per heavy atom. The molecule has 0 aliphatic rings. The second-order valence-corrected chi connectivity index (χ2v) is 4.43. The minimum Gasteiger partial charge on any atom is -0.374 e. The van der Waals surface area contributed by atoms with Crippen molar-refractivity contribution in [2.75, 3.05) is 12.4 Å². The van der Waals surface area contributed by atoms with Crippen molar-refractivity contribution >= 4 is 16.7 Å². The second kappa shape index (κ2) is 5.75. The summed E-state index contributed by atoms with van der Waals surface area (Å²) in [6, 6.07) is 10.2. The summed E-state index contributed by atoms with van der Waals surface area (Å²) in [5.74, 6) is 0.730. The first-order valence-corrected chi connectivity index (χ1v) is 6.21. The SMILES string of the molecule is COC(C)c1nsc(NCc2ccccc2)n1. The summed E-state index contributed by atoms with van der Waals surface area (Å²) in [7, 11) is 1.66. The van der Waals surface area contributed by atoms with Crippen LogP contribution in [0, 0.1) is 0 Å². The second-order valence-electron chi connectivity index (χ2n) is 3.67. The number of rotatable bonds is 5. The average Bonchev–Trinajstić information content (AvgIpc) is 2.85. The number of benzene rings is 1. The lowest BCUT2D eigenvalue weighted by Crippen LogP contribution is -2.01. The molecule has 1 aromatic heterocycles. The topological polar surface area (TPSA) is 47.0 Å². The number of nitrogens with zero attached hydrogens (tertiary/aromatic N) is 2. The van der Waals surface area contributed by atoms with E-state index in [-0.39, 0.29) is 6.10 Å². The fraction of sp³-hybridized carbons (Fsp3) is 0.333. The lowest BCUT2D eigenvalue weighted by atomic mass is 10.2. The molecule has 1 unspecified atom stereocenters. The van der Waals surface area contributed by atoms with Crippen LogP contribution in [0.1, 0.15) is 24.4 Å². The third-order valence-electron chi connectivity index (χ3n) is 2.45. The van der Waals surface area contributed by atoms with Gasteiger partial charge in [0.25, 0.3) is 0 Å². The van der Waals surface area contributed by atoms with Gasteiger partial charge in [0.2, 0.25) is 5.13 Å². The fourth-order valence-electron chi connectivity index (χ4n) is 1.35. The molecule has 17 heavy (non-hydrogen) atoms. The van der Waals surface area contributed by atoms with Crippen molar-refractivity contribution in [2.24, 2.45) is 0 Å². The summed E-state index contributed by atoms with van der Waals surface area (Å²) in [4.78, 5) is 4.37. The van der Waals surface area contributed by atoms with Gasteiger partial charge in [-0.2, -0.15) is 4.37 Å². The monoisotopic (exact) mass is 249 g/mol. The number of anilines is 1. The van der Waals surface area contributed by atoms with Crippen molar-refractivity contribution in [2.45, 2.75) is 19.6 Å². The zero-order valence-electron chi connectivity index (χ0n) is 9.88. The Morgan fingerprint density at radius 1 is 1.35 bits per heavy atom. The summed E-state index contributed by atoms with van der Waals surface area (Å²) >= 11 is 1.36. The molecule has 0 spiro atoms. The maximum absolute atomic E-state index is 5.17. The van der Waals surface area contributed by atoms with Gasteiger partial charge in [0.05, 0.1) is 0 Å². The van der Waals surface area contributed by atoms with Crippen LogP contribution < -0.4 is 5.32 Å². The highest BCUT2D eigenvalue weighted by Crippen LogP contribution is 2.18. The Bertz CT molecular complexity index is 458. The predicted octanol–water partition coefficient (Wildman–Crippen LogP) is 2.86. The molecule has 90 valence electrons. The van der Waals surface area contributed by atoms with Crippen molar-refractivity contribution in [1.82, 2.24) is 9.36 Å². The van der Waals surface area contributed by atoms with E-state index in [0.717, 1.165) is 17.5 Å². The smallest absolute Gasteiger partial charge is 0.202 e. The number of ether oxygens (including phenoxy) is 1. The minimum atomic E-state index is -0.0569. The van der Waals surface area contributed by atoms with E-state index in [1.54, 1.807) is 7.11 Å². The van der Waals surface area contributed by atoms with Crippen molar-refractivity contribution in [3.05, 3.63) is 41.7 Å². The van der Waals surface area contributed by atoms with Gasteiger partial charge in [0.15, 0.2) is 5.82 Å². The third kappa shape index (κ3) is 3.25. The Labute approximate surface area is 105 Å². The van der Waals surface area contributed by atoms with Gasteiger partial charge < -0.3 is 10.1 Å². The van der Waals surface area contributed by atoms with E-state index >= 15 is 0 Å². The molecule has 0 fully saturated rings. The van der Waals surface area contributed by atoms with E-state index in [0.29, 0.717) is 0 Å². The van der Waals surface area contributed by atoms with Gasteiger partial charge in [0, 0.05) is 25.2 Å². The highest BCUT2D eigenvalue weighted by molar-refractivity contribution is 7.09. The van der Waals surface area contributed by atoms with Crippen LogP contribution in [0.5, 0.6) is 0 Å². The first-order valence-electron chi connectivity index (χ1n) is 5.44. The van der Waals surface area contributed by atoms with Crippen LogP contribution in [0.15, 0.2) is 30.3 Å². The predicted molar refractivity (Wildman–Crippen MR) is 69.1 cm³/mol. The summed E-state index contributed by atoms with van der Waals surface area (Å²) in [6.07, 6.45) is -0.0569. The van der Waals surface area contributed by atoms with E-state index in [1.807, 2.05) is 25.1 Å². The molecule has 1 N–H and O–H groups in total. The highest BCUT2D eigenvalue weighted by atomic mass is 32.1. The van der Waals surface area contributed by atoms with Gasteiger partial charge in [-0.3, -0.25) is 0 Å². The number of hydrogen-bond donors (Lipinski definition) is 1. The Hall–Kier alpha value is -1.46. The molecule has 1 heterocycles. The largest absolute Gasteiger partial charge is 0.374 e. The molecule has 0 saturated carbocycles. The number of nitrogens with one attached hydrogen (secondary N) is 1. The lowest BCUT2D eigenvalue weighted by molar-refractivity contribution is 0.113. The molecule has 1 atom stereocenters. The minimum absolute atomic E-state index is 0.0569. The van der Waals surface area contributed by atoms with Gasteiger partial charge in [-0.1, -0.05) is 30.3 Å². The molecule has 4 nitrogen and oxygen atoms in total. The molecule has 0 amide bonds. The van der Waals surface area contributed by atoms with Crippen LogP contribution in [0.3, 0.4) is 0 Å². The Morgan fingerprint density at radius 2 is 2.12 bits per heavy atom. The third-order valence-corrected chi connectivity index (χ3v) is 3.13. The molecular weight excluding hydrogens is 234 g/mol. The summed E-state index contributed by atoms with van der Waals surface area (Å²) in [5, 5.41) is 4.08. The van der Waals surface area contributed by atoms with Crippen molar-refractivity contribution in [3.8, 4) is 0 Å². The van der Waals surface area contributed by atoms with E-state index in [1.165, 1.54) is 17.1 Å². The van der Waals surface area contributed by atoms with Gasteiger partial charge in [-0.15, -0.1) is 0 Å². The quantitative estimate of drug-likeness (QED) is 0.885. The molecule has 2 rings (SSSR count). The first-order chi connectivity index (χ1) is 8.29. The maximum atomic E-state index is 5.17. The van der Waals surface area contributed by atoms with E-state index in [4.69, 9.17) is 4.74 Å². The lowest BCUT2D eigenvalue weighted by Gasteiger charge is -2.03. The maximum Gasteiger partial charge on any atom is 0.202 e. The van der Waals surface area contributed by atoms with Gasteiger partial charge in [-0.05, 0) is 12.5 Å². The normalized spacial score (nSPS) is 12.4. The van der Waals surface area contributed by atoms with Crippen LogP contribution in [-0.4, -0.2) is 16.5 Å². The zero-order chi connectivity index (χ0) is 12.1. The van der Waals surface area contributed by atoms with Crippen molar-refractivity contribution < 1.29 is 4.74 Å². The van der Waals surface area contributed by atoms with Crippen LogP contribution in [0.2, 0.25) is 0 Å². The Balaban J connectivity index is 1.94. The summed E-state index contributed by atoms with van der Waals surface area (Å²) < 4.78 is 9.41. The van der Waals surface area contributed by atoms with Crippen LogP contribution >= 0.6 is 11.5 Å². The molecular formula is C12H15N3OS. The Kier molecular flexibility index (Phi) is 4.06. The van der Waals surface area contributed by atoms with E-state index in [9.17, 15) is 0 Å². The molecule has 0 saturated heterocycles. The summed E-state index contributed by atoms with van der Waals surface area (Å²) in [5.41, 5.74) is 1.23. The molecule has 0 aliphatic heterocycles. The van der Waals surface area contributed by atoms with E-state index < -0.39 is 0 Å². The highest BCUT2D eigenvalue weighted by Gasteiger charge is 2.10. The van der Waals surface area contributed by atoms with Crippen molar-refractivity contribution in [1.29, 1.82) is 0 Å². The first kappa shape index (κ1) is 12.0. The zero-order valence-corrected chi connectivity index (χ0v) is 10.7. The summed E-state index contributed by atoms with van der Waals surface area (Å²) in [6.45, 7) is 2.69. The fourth-order valence-corrected chi connectivity index (χ4v) is 1.99. The average molecular weight is 249 g/mol. The van der Waals surface area contributed by atoms with Crippen LogP contribution in [-0.2, 0) is 11.3 Å². The molecule has 0 bridgehead atoms. The molecule has 5 heteroatoms. The number of methoxy groups -OCH3 is 1. The standard InChI is InChI=1S/C12H15N3OS/c1-9(16-2)11-14-12(17-15-11)13-8-10-6-4-3-5-7-10/h3-7,9H,8H2,1-2H3,(H,13,14,15). The van der Waals surface area contributed by atoms with Crippen LogP contribution in [0.4, 0.5) is 5.13 Å². The van der Waals surface area contributed by atoms with Gasteiger partial charge >= 0.3 is 0 Å². The number of hydrogen-bond acceptors (Lipinski definition) is 5. The van der Waals surface area contributed by atoms with Crippen molar-refractivity contribution in [3.63, 3.8) is 0 Å². The number of aromatic nitrogens is 2. The van der Waals surface area contributed by atoms with Gasteiger partial charge in [-0.25, -0.2) is 4.98 Å². The van der Waals surface area contributed by atoms with E-state index in [2.05, 4.69) is 26.8 Å².